The molecule has 32 heavy (non-hydrogen) atoms. The number of ether oxygens (including phenoxy) is 2. The number of nitrogens with zero attached hydrogens (tertiary/aromatic N) is 2. The Morgan fingerprint density at radius 1 is 1.00 bits per heavy atom. The summed E-state index contributed by atoms with van der Waals surface area (Å²) in [4.78, 5) is 2.27. The minimum atomic E-state index is -3.27. The molecule has 7 heteroatoms. The first-order valence-electron chi connectivity index (χ1n) is 11.6. The van der Waals surface area contributed by atoms with E-state index in [4.69, 9.17) is 9.47 Å². The number of sulfonamides is 1. The minimum Gasteiger partial charge on any atom is -0.493 e. The van der Waals surface area contributed by atoms with Crippen molar-refractivity contribution in [3.63, 3.8) is 0 Å². The Balaban J connectivity index is 1.57. The Kier molecular flexibility index (Phi) is 7.26. The maximum absolute atomic E-state index is 12.8. The zero-order chi connectivity index (χ0) is 22.6. The van der Waals surface area contributed by atoms with Crippen LogP contribution in [0.15, 0.2) is 48.5 Å². The molecule has 2 aromatic carbocycles. The van der Waals surface area contributed by atoms with Crippen molar-refractivity contribution in [1.82, 2.24) is 4.31 Å². The van der Waals surface area contributed by atoms with Gasteiger partial charge in [0.2, 0.25) is 10.0 Å². The van der Waals surface area contributed by atoms with Crippen molar-refractivity contribution in [2.45, 2.75) is 51.2 Å². The average Bonchev–Trinajstić information content (AvgIpc) is 3.32. The van der Waals surface area contributed by atoms with Gasteiger partial charge < -0.3 is 14.4 Å². The highest BCUT2D eigenvalue weighted by atomic mass is 32.2. The first-order chi connectivity index (χ1) is 15.5. The van der Waals surface area contributed by atoms with Gasteiger partial charge in [0.05, 0.1) is 19.0 Å². The third kappa shape index (κ3) is 5.21. The molecule has 2 aromatic rings. The van der Waals surface area contributed by atoms with E-state index >= 15 is 0 Å². The number of methoxy groups -OCH3 is 1. The lowest BCUT2D eigenvalue weighted by Crippen LogP contribution is -2.56. The predicted octanol–water partition coefficient (Wildman–Crippen LogP) is 4.10. The largest absolute Gasteiger partial charge is 0.493 e. The number of hydrogen-bond donors (Lipinski definition) is 0. The molecular weight excluding hydrogens is 424 g/mol. The summed E-state index contributed by atoms with van der Waals surface area (Å²) in [5.74, 6) is 1.65. The maximum Gasteiger partial charge on any atom is 0.214 e. The first-order valence-corrected chi connectivity index (χ1v) is 13.2. The summed E-state index contributed by atoms with van der Waals surface area (Å²) in [5.41, 5.74) is 2.20. The standard InChI is InChI=1S/C25H34N2O4S/c1-3-32(28,29)27-16-15-26(19-22(27)17-20-9-5-4-6-10-20)21-13-14-24(30-2)25(18-21)31-23-11-7-8-12-23/h4-6,9-10,13-14,18,22-23H,3,7-8,11-12,15-17,19H2,1-2H3/t22-/m1/s1. The highest BCUT2D eigenvalue weighted by Gasteiger charge is 2.34. The van der Waals surface area contributed by atoms with E-state index in [1.54, 1.807) is 18.3 Å². The first kappa shape index (κ1) is 22.9. The van der Waals surface area contributed by atoms with Crippen molar-refractivity contribution < 1.29 is 17.9 Å². The lowest BCUT2D eigenvalue weighted by molar-refractivity contribution is 0.200. The van der Waals surface area contributed by atoms with E-state index in [2.05, 4.69) is 23.1 Å². The van der Waals surface area contributed by atoms with Gasteiger partial charge in [0, 0.05) is 37.4 Å². The monoisotopic (exact) mass is 458 g/mol. The van der Waals surface area contributed by atoms with Crippen LogP contribution in [0.2, 0.25) is 0 Å². The molecule has 0 bridgehead atoms. The molecule has 0 radical (unpaired) electrons. The number of hydrogen-bond acceptors (Lipinski definition) is 5. The van der Waals surface area contributed by atoms with Gasteiger partial charge in [-0.15, -0.1) is 0 Å². The van der Waals surface area contributed by atoms with Crippen molar-refractivity contribution >= 4 is 15.7 Å². The Bertz CT molecular complexity index is 990. The van der Waals surface area contributed by atoms with E-state index in [0.29, 0.717) is 26.1 Å². The highest BCUT2D eigenvalue weighted by Crippen LogP contribution is 2.36. The molecule has 0 unspecified atom stereocenters. The third-order valence-corrected chi connectivity index (χ3v) is 8.50. The van der Waals surface area contributed by atoms with Gasteiger partial charge in [-0.2, -0.15) is 4.31 Å². The zero-order valence-corrected chi connectivity index (χ0v) is 19.9. The van der Waals surface area contributed by atoms with Gasteiger partial charge in [0.25, 0.3) is 0 Å². The maximum atomic E-state index is 12.8. The molecule has 1 saturated heterocycles. The molecule has 0 aromatic heterocycles. The number of piperazine rings is 1. The van der Waals surface area contributed by atoms with Crippen LogP contribution in [0.1, 0.15) is 38.2 Å². The van der Waals surface area contributed by atoms with E-state index in [1.807, 2.05) is 30.3 Å². The number of anilines is 1. The van der Waals surface area contributed by atoms with Gasteiger partial charge in [-0.05, 0) is 56.7 Å². The van der Waals surface area contributed by atoms with Gasteiger partial charge in [0.1, 0.15) is 0 Å². The van der Waals surface area contributed by atoms with Gasteiger partial charge in [-0.3, -0.25) is 0 Å². The number of rotatable bonds is 8. The molecule has 1 aliphatic carbocycles. The molecule has 174 valence electrons. The van der Waals surface area contributed by atoms with Crippen LogP contribution in [0.5, 0.6) is 11.5 Å². The van der Waals surface area contributed by atoms with E-state index in [1.165, 1.54) is 12.8 Å². The second-order valence-corrected chi connectivity index (χ2v) is 10.9. The summed E-state index contributed by atoms with van der Waals surface area (Å²) in [6.07, 6.45) is 5.53. The van der Waals surface area contributed by atoms with Crippen molar-refractivity contribution in [1.29, 1.82) is 0 Å². The minimum absolute atomic E-state index is 0.114. The summed E-state index contributed by atoms with van der Waals surface area (Å²) >= 11 is 0. The van der Waals surface area contributed by atoms with Crippen LogP contribution in [0.4, 0.5) is 5.69 Å². The topological polar surface area (TPSA) is 59.1 Å². The van der Waals surface area contributed by atoms with Crippen LogP contribution in [0.3, 0.4) is 0 Å². The second kappa shape index (κ2) is 10.1. The molecule has 2 fully saturated rings. The Hall–Kier alpha value is -2.25. The molecule has 1 heterocycles. The molecule has 0 amide bonds. The van der Waals surface area contributed by atoms with Crippen LogP contribution < -0.4 is 14.4 Å². The molecular formula is C25H34N2O4S. The molecule has 2 aliphatic rings. The van der Waals surface area contributed by atoms with E-state index < -0.39 is 10.0 Å². The summed E-state index contributed by atoms with van der Waals surface area (Å²) in [7, 11) is -1.60. The van der Waals surface area contributed by atoms with Crippen LogP contribution >= 0.6 is 0 Å². The second-order valence-electron chi connectivity index (χ2n) is 8.66. The van der Waals surface area contributed by atoms with E-state index in [0.717, 1.165) is 35.6 Å². The fourth-order valence-electron chi connectivity index (χ4n) is 4.80. The lowest BCUT2D eigenvalue weighted by atomic mass is 10.0. The van der Waals surface area contributed by atoms with Crippen molar-refractivity contribution in [2.75, 3.05) is 37.4 Å². The van der Waals surface area contributed by atoms with Crippen molar-refractivity contribution in [3.05, 3.63) is 54.1 Å². The Labute approximate surface area is 192 Å². The Morgan fingerprint density at radius 3 is 2.44 bits per heavy atom. The summed E-state index contributed by atoms with van der Waals surface area (Å²) in [5, 5.41) is 0. The zero-order valence-electron chi connectivity index (χ0n) is 19.1. The van der Waals surface area contributed by atoms with E-state index in [-0.39, 0.29) is 17.9 Å². The van der Waals surface area contributed by atoms with Crippen LogP contribution in [-0.2, 0) is 16.4 Å². The molecule has 4 rings (SSSR count). The molecule has 1 atom stereocenters. The summed E-state index contributed by atoms with van der Waals surface area (Å²) in [6, 6.07) is 16.1. The molecule has 1 aliphatic heterocycles. The van der Waals surface area contributed by atoms with Gasteiger partial charge in [-0.1, -0.05) is 30.3 Å². The van der Waals surface area contributed by atoms with E-state index in [9.17, 15) is 8.42 Å². The van der Waals surface area contributed by atoms with Crippen LogP contribution in [0.25, 0.3) is 0 Å². The summed E-state index contributed by atoms with van der Waals surface area (Å²) in [6.45, 7) is 3.50. The van der Waals surface area contributed by atoms with Crippen LogP contribution in [0, 0.1) is 0 Å². The van der Waals surface area contributed by atoms with Crippen LogP contribution in [-0.4, -0.2) is 57.4 Å². The predicted molar refractivity (Wildman–Crippen MR) is 128 cm³/mol. The fraction of sp³-hybridized carbons (Fsp3) is 0.520. The van der Waals surface area contributed by atoms with Gasteiger partial charge >= 0.3 is 0 Å². The highest BCUT2D eigenvalue weighted by molar-refractivity contribution is 7.89. The summed E-state index contributed by atoms with van der Waals surface area (Å²) < 4.78 is 39.1. The SMILES string of the molecule is CCS(=O)(=O)N1CCN(c2ccc(OC)c(OC3CCCC3)c2)C[C@H]1Cc1ccccc1. The quantitative estimate of drug-likeness (QED) is 0.596. The molecule has 6 nitrogen and oxygen atoms in total. The Morgan fingerprint density at radius 2 is 1.75 bits per heavy atom. The molecule has 0 spiro atoms. The molecule has 0 N–H and O–H groups in total. The lowest BCUT2D eigenvalue weighted by Gasteiger charge is -2.41. The van der Waals surface area contributed by atoms with Gasteiger partial charge in [0.15, 0.2) is 11.5 Å². The smallest absolute Gasteiger partial charge is 0.214 e. The average molecular weight is 459 g/mol. The molecule has 1 saturated carbocycles. The number of benzene rings is 2. The third-order valence-electron chi connectivity index (χ3n) is 6.57. The normalized spacial score (nSPS) is 20.4. The fourth-order valence-corrected chi connectivity index (χ4v) is 6.08. The van der Waals surface area contributed by atoms with Crippen molar-refractivity contribution in [2.24, 2.45) is 0 Å². The van der Waals surface area contributed by atoms with Crippen molar-refractivity contribution in [3.8, 4) is 11.5 Å². The van der Waals surface area contributed by atoms with Gasteiger partial charge in [-0.25, -0.2) is 8.42 Å².